The van der Waals surface area contributed by atoms with Crippen LogP contribution in [0.3, 0.4) is 0 Å². The van der Waals surface area contributed by atoms with Gasteiger partial charge in [-0.2, -0.15) is 0 Å². The van der Waals surface area contributed by atoms with Gasteiger partial charge in [-0.05, 0) is 77.0 Å². The number of hydrogen-bond donors (Lipinski definition) is 4. The van der Waals surface area contributed by atoms with E-state index in [1.54, 1.807) is 12.2 Å². The lowest BCUT2D eigenvalue weighted by Crippen LogP contribution is -2.30. The van der Waals surface area contributed by atoms with Crippen molar-refractivity contribution in [2.75, 3.05) is 26.4 Å². The first-order chi connectivity index (χ1) is 28.1. The minimum atomic E-state index is -4.67. The third-order valence-electron chi connectivity index (χ3n) is 8.94. The number of aliphatic hydroxyl groups is 3. The van der Waals surface area contributed by atoms with Crippen LogP contribution in [0.5, 0.6) is 0 Å². The highest BCUT2D eigenvalue weighted by atomic mass is 31.2. The number of allylic oxidation sites excluding steroid dienone is 11. The van der Waals surface area contributed by atoms with E-state index in [0.717, 1.165) is 57.8 Å². The van der Waals surface area contributed by atoms with E-state index in [2.05, 4.69) is 67.0 Å². The second-order valence-corrected chi connectivity index (χ2v) is 16.0. The lowest BCUT2D eigenvalue weighted by Gasteiger charge is -2.20. The van der Waals surface area contributed by atoms with Gasteiger partial charge in [0.2, 0.25) is 0 Å². The zero-order valence-corrected chi connectivity index (χ0v) is 36.7. The summed E-state index contributed by atoms with van der Waals surface area (Å²) < 4.78 is 32.6. The Labute approximate surface area is 351 Å². The number of carbonyl (C=O) groups excluding carboxylic acids is 2. The van der Waals surface area contributed by atoms with Crippen molar-refractivity contribution in [3.05, 3.63) is 72.9 Å². The Morgan fingerprint density at radius 2 is 1.09 bits per heavy atom. The Balaban J connectivity index is 4.50. The summed E-state index contributed by atoms with van der Waals surface area (Å²) in [5, 5.41) is 28.6. The van der Waals surface area contributed by atoms with Gasteiger partial charge in [0.15, 0.2) is 6.10 Å². The number of hydrogen-bond acceptors (Lipinski definition) is 10. The fraction of sp³-hybridized carbons (Fsp3) is 0.696. The standard InChI is InChI=1S/C46H79O11P/c1-3-5-7-9-11-13-15-17-18-19-20-22-24-26-28-30-32-36-46(51)57-44(41-56-58(52,53)55-39-43(49)38-47)40-54-45(50)37-33-35-42(48)34-31-29-27-25-23-21-16-14-12-10-8-6-4-2/h11-14,17-18,21,23,27,29,31,34,42-44,47-49H,3-10,15-16,19-20,22,24-26,28,30,32-33,35-41H2,1-2H3,(H,52,53)/b13-11-,14-12-,18-17-,23-21-,29-27-,34-31+/t42-,43+,44-/m1/s1. The quantitative estimate of drug-likeness (QED) is 0.0152. The molecule has 0 aliphatic heterocycles. The van der Waals surface area contributed by atoms with Gasteiger partial charge in [-0.3, -0.25) is 18.6 Å². The zero-order valence-electron chi connectivity index (χ0n) is 35.8. The Morgan fingerprint density at radius 3 is 1.67 bits per heavy atom. The predicted molar refractivity (Wildman–Crippen MR) is 234 cm³/mol. The molecule has 58 heavy (non-hydrogen) atoms. The van der Waals surface area contributed by atoms with Crippen LogP contribution < -0.4 is 0 Å². The van der Waals surface area contributed by atoms with Crippen molar-refractivity contribution in [3.63, 3.8) is 0 Å². The van der Waals surface area contributed by atoms with Gasteiger partial charge in [0.05, 0.1) is 25.9 Å². The van der Waals surface area contributed by atoms with Crippen molar-refractivity contribution in [2.45, 2.75) is 180 Å². The fourth-order valence-electron chi connectivity index (χ4n) is 5.48. The molecule has 334 valence electrons. The summed E-state index contributed by atoms with van der Waals surface area (Å²) >= 11 is 0. The maximum atomic E-state index is 12.6. The normalized spacial score (nSPS) is 15.1. The van der Waals surface area contributed by atoms with E-state index in [4.69, 9.17) is 19.1 Å². The lowest BCUT2D eigenvalue weighted by molar-refractivity contribution is -0.161. The monoisotopic (exact) mass is 839 g/mol. The van der Waals surface area contributed by atoms with Crippen molar-refractivity contribution in [3.8, 4) is 0 Å². The van der Waals surface area contributed by atoms with Crippen LogP contribution in [0.1, 0.15) is 162 Å². The van der Waals surface area contributed by atoms with Crippen LogP contribution in [-0.4, -0.2) is 76.9 Å². The molecular formula is C46H79O11P. The molecule has 11 nitrogen and oxygen atoms in total. The van der Waals surface area contributed by atoms with Crippen molar-refractivity contribution in [1.29, 1.82) is 0 Å². The molecule has 1 unspecified atom stereocenters. The van der Waals surface area contributed by atoms with Crippen LogP contribution in [0.25, 0.3) is 0 Å². The Morgan fingerprint density at radius 1 is 0.586 bits per heavy atom. The minimum absolute atomic E-state index is 0.00825. The first-order valence-electron chi connectivity index (χ1n) is 22.0. The Bertz CT molecular complexity index is 1210. The minimum Gasteiger partial charge on any atom is -0.462 e. The maximum absolute atomic E-state index is 12.6. The first kappa shape index (κ1) is 55.4. The number of carbonyl (C=O) groups is 2. The molecule has 12 heteroatoms. The summed E-state index contributed by atoms with van der Waals surface area (Å²) in [7, 11) is -4.67. The summed E-state index contributed by atoms with van der Waals surface area (Å²) in [6.45, 7) is 2.08. The van der Waals surface area contributed by atoms with Crippen LogP contribution >= 0.6 is 7.82 Å². The highest BCUT2D eigenvalue weighted by Gasteiger charge is 2.27. The van der Waals surface area contributed by atoms with Crippen molar-refractivity contribution in [2.24, 2.45) is 0 Å². The number of rotatable bonds is 40. The van der Waals surface area contributed by atoms with Gasteiger partial charge < -0.3 is 29.7 Å². The molecule has 0 spiro atoms. The second kappa shape index (κ2) is 41.1. The van der Waals surface area contributed by atoms with Crippen LogP contribution in [0.4, 0.5) is 0 Å². The third-order valence-corrected chi connectivity index (χ3v) is 9.89. The third kappa shape index (κ3) is 40.2. The fourth-order valence-corrected chi connectivity index (χ4v) is 6.27. The molecular weight excluding hydrogens is 759 g/mol. The predicted octanol–water partition coefficient (Wildman–Crippen LogP) is 10.6. The van der Waals surface area contributed by atoms with Crippen molar-refractivity contribution < 1.29 is 52.9 Å². The summed E-state index contributed by atoms with van der Waals surface area (Å²) in [5.74, 6) is -1.14. The van der Waals surface area contributed by atoms with E-state index >= 15 is 0 Å². The van der Waals surface area contributed by atoms with Crippen LogP contribution in [0.15, 0.2) is 72.9 Å². The zero-order chi connectivity index (χ0) is 42.8. The van der Waals surface area contributed by atoms with Gasteiger partial charge in [0.1, 0.15) is 12.7 Å². The largest absolute Gasteiger partial charge is 0.472 e. The van der Waals surface area contributed by atoms with E-state index in [-0.39, 0.29) is 12.8 Å². The Kier molecular flexibility index (Phi) is 39.3. The summed E-state index contributed by atoms with van der Waals surface area (Å²) in [4.78, 5) is 35.0. The van der Waals surface area contributed by atoms with Gasteiger partial charge in [-0.1, -0.05) is 145 Å². The summed E-state index contributed by atoms with van der Waals surface area (Å²) in [5.41, 5.74) is 0. The number of phosphoric ester groups is 1. The lowest BCUT2D eigenvalue weighted by atomic mass is 10.1. The van der Waals surface area contributed by atoms with Crippen LogP contribution in [0, 0.1) is 0 Å². The molecule has 4 N–H and O–H groups in total. The highest BCUT2D eigenvalue weighted by molar-refractivity contribution is 7.47. The number of ether oxygens (including phenoxy) is 2. The van der Waals surface area contributed by atoms with Gasteiger partial charge in [-0.25, -0.2) is 4.57 Å². The molecule has 0 fully saturated rings. The molecule has 0 rings (SSSR count). The molecule has 0 radical (unpaired) electrons. The summed E-state index contributed by atoms with van der Waals surface area (Å²) in [6.07, 6.45) is 43.2. The number of esters is 2. The van der Waals surface area contributed by atoms with E-state index in [1.165, 1.54) is 57.8 Å². The highest BCUT2D eigenvalue weighted by Crippen LogP contribution is 2.43. The van der Waals surface area contributed by atoms with E-state index in [1.807, 2.05) is 12.2 Å². The average molecular weight is 839 g/mol. The molecule has 4 atom stereocenters. The molecule has 0 amide bonds. The number of unbranched alkanes of at least 4 members (excludes halogenated alkanes) is 13. The number of aliphatic hydroxyl groups excluding tert-OH is 3. The van der Waals surface area contributed by atoms with E-state index in [0.29, 0.717) is 19.3 Å². The molecule has 0 saturated carbocycles. The number of phosphoric acid groups is 1. The smallest absolute Gasteiger partial charge is 0.462 e. The summed E-state index contributed by atoms with van der Waals surface area (Å²) in [6, 6.07) is 0. The van der Waals surface area contributed by atoms with E-state index in [9.17, 15) is 29.3 Å². The molecule has 0 aromatic heterocycles. The van der Waals surface area contributed by atoms with Gasteiger partial charge in [0.25, 0.3) is 0 Å². The van der Waals surface area contributed by atoms with Crippen molar-refractivity contribution >= 4 is 19.8 Å². The molecule has 0 aliphatic carbocycles. The first-order valence-corrected chi connectivity index (χ1v) is 23.5. The van der Waals surface area contributed by atoms with E-state index < -0.39 is 64.5 Å². The molecule has 0 aliphatic rings. The average Bonchev–Trinajstić information content (AvgIpc) is 3.20. The van der Waals surface area contributed by atoms with Gasteiger partial charge in [-0.15, -0.1) is 0 Å². The molecule has 0 bridgehead atoms. The topological polar surface area (TPSA) is 169 Å². The Hall–Kier alpha value is -2.63. The molecule has 0 aromatic rings. The van der Waals surface area contributed by atoms with Crippen LogP contribution in [0.2, 0.25) is 0 Å². The molecule has 0 saturated heterocycles. The maximum Gasteiger partial charge on any atom is 0.472 e. The van der Waals surface area contributed by atoms with Crippen molar-refractivity contribution in [1.82, 2.24) is 0 Å². The second-order valence-electron chi connectivity index (χ2n) is 14.6. The SMILES string of the molecule is CCCCC/C=C\C/C=C\C/C=C\C=C\[C@@H](O)CCCC(=O)OC[C@H](COP(=O)(O)OC[C@@H](O)CO)OC(=O)CCCCCCCCC/C=C\C/C=C\CCCCC. The molecule has 0 aromatic carbocycles. The van der Waals surface area contributed by atoms with Crippen LogP contribution in [-0.2, 0) is 32.7 Å². The molecule has 0 heterocycles. The van der Waals surface area contributed by atoms with Gasteiger partial charge in [0, 0.05) is 12.8 Å². The van der Waals surface area contributed by atoms with Gasteiger partial charge >= 0.3 is 19.8 Å².